The van der Waals surface area contributed by atoms with Gasteiger partial charge >= 0.3 is 0 Å². The Balaban J connectivity index is 1.96. The molecule has 1 aromatic carbocycles. The Hall–Kier alpha value is -2.25. The number of fused-ring (bicyclic) bond motifs is 1. The van der Waals surface area contributed by atoms with Crippen molar-refractivity contribution in [2.45, 2.75) is 13.5 Å². The predicted octanol–water partition coefficient (Wildman–Crippen LogP) is 3.23. The minimum absolute atomic E-state index is 0.193. The van der Waals surface area contributed by atoms with Crippen LogP contribution in [0.15, 0.2) is 30.3 Å². The van der Waals surface area contributed by atoms with Crippen molar-refractivity contribution in [1.82, 2.24) is 14.8 Å². The molecule has 2 heterocycles. The largest absolute Gasteiger partial charge is 0.287 e. The van der Waals surface area contributed by atoms with Crippen LogP contribution in [-0.2, 0) is 11.4 Å². The van der Waals surface area contributed by atoms with Gasteiger partial charge in [-0.2, -0.15) is 5.10 Å². The van der Waals surface area contributed by atoms with Gasteiger partial charge in [0.1, 0.15) is 10.6 Å². The van der Waals surface area contributed by atoms with Gasteiger partial charge in [-0.3, -0.25) is 14.3 Å². The van der Waals surface area contributed by atoms with Crippen LogP contribution in [0.3, 0.4) is 0 Å². The number of rotatable bonds is 4. The maximum Gasteiger partial charge on any atom is 0.287 e. The molecule has 0 atom stereocenters. The maximum absolute atomic E-state index is 13.0. The van der Waals surface area contributed by atoms with Gasteiger partial charge in [0.05, 0.1) is 24.2 Å². The van der Waals surface area contributed by atoms with Crippen LogP contribution >= 0.6 is 11.3 Å². The average molecular weight is 333 g/mol. The highest BCUT2D eigenvalue weighted by Gasteiger charge is 2.19. The standard InChI is InChI=1S/C16H16FN3O2S/c1-10-13-8-14(15(21)19(2)22-3)23-16(13)20(18-10)9-11-4-6-12(17)7-5-11/h4-8H,9H2,1-3H3. The highest BCUT2D eigenvalue weighted by Crippen LogP contribution is 2.29. The number of hydroxylamine groups is 2. The van der Waals surface area contributed by atoms with Crippen molar-refractivity contribution in [2.75, 3.05) is 14.2 Å². The van der Waals surface area contributed by atoms with Crippen LogP contribution in [-0.4, -0.2) is 34.9 Å². The van der Waals surface area contributed by atoms with Crippen molar-refractivity contribution < 1.29 is 14.0 Å². The van der Waals surface area contributed by atoms with E-state index in [1.165, 1.54) is 35.6 Å². The zero-order valence-corrected chi connectivity index (χ0v) is 13.9. The molecule has 0 unspecified atom stereocenters. The zero-order valence-electron chi connectivity index (χ0n) is 13.0. The van der Waals surface area contributed by atoms with Gasteiger partial charge in [-0.15, -0.1) is 11.3 Å². The minimum atomic E-state index is -0.262. The summed E-state index contributed by atoms with van der Waals surface area (Å²) in [5, 5.41) is 6.65. The molecule has 23 heavy (non-hydrogen) atoms. The van der Waals surface area contributed by atoms with Crippen LogP contribution in [0.4, 0.5) is 4.39 Å². The second kappa shape index (κ2) is 6.10. The van der Waals surface area contributed by atoms with E-state index >= 15 is 0 Å². The third kappa shape index (κ3) is 2.97. The number of aryl methyl sites for hydroxylation is 1. The molecule has 7 heteroatoms. The van der Waals surface area contributed by atoms with Gasteiger partial charge in [-0.05, 0) is 30.7 Å². The van der Waals surface area contributed by atoms with Crippen molar-refractivity contribution in [1.29, 1.82) is 0 Å². The molecule has 0 N–H and O–H groups in total. The van der Waals surface area contributed by atoms with Crippen LogP contribution in [0, 0.1) is 12.7 Å². The molecule has 0 aliphatic heterocycles. The van der Waals surface area contributed by atoms with E-state index < -0.39 is 0 Å². The van der Waals surface area contributed by atoms with Crippen molar-refractivity contribution >= 4 is 27.5 Å². The Bertz CT molecular complexity index is 854. The zero-order chi connectivity index (χ0) is 16.6. The first-order chi connectivity index (χ1) is 11.0. The van der Waals surface area contributed by atoms with E-state index in [0.29, 0.717) is 11.4 Å². The molecule has 120 valence electrons. The third-order valence-electron chi connectivity index (χ3n) is 3.62. The Labute approximate surface area is 136 Å². The first-order valence-corrected chi connectivity index (χ1v) is 7.85. The van der Waals surface area contributed by atoms with Crippen LogP contribution < -0.4 is 0 Å². The van der Waals surface area contributed by atoms with Crippen molar-refractivity contribution in [2.24, 2.45) is 0 Å². The topological polar surface area (TPSA) is 47.4 Å². The van der Waals surface area contributed by atoms with Crippen molar-refractivity contribution in [3.05, 3.63) is 52.3 Å². The summed E-state index contributed by atoms with van der Waals surface area (Å²) in [6, 6.07) is 8.16. The predicted molar refractivity (Wildman–Crippen MR) is 87.0 cm³/mol. The number of halogens is 1. The van der Waals surface area contributed by atoms with Crippen LogP contribution in [0.1, 0.15) is 20.9 Å². The molecule has 0 aliphatic carbocycles. The summed E-state index contributed by atoms with van der Waals surface area (Å²) in [4.78, 5) is 18.7. The van der Waals surface area contributed by atoms with Gasteiger partial charge in [0.2, 0.25) is 0 Å². The number of nitrogens with zero attached hydrogens (tertiary/aromatic N) is 3. The molecule has 2 aromatic heterocycles. The minimum Gasteiger partial charge on any atom is -0.274 e. The van der Waals surface area contributed by atoms with E-state index in [1.807, 2.05) is 17.7 Å². The highest BCUT2D eigenvalue weighted by molar-refractivity contribution is 7.20. The second-order valence-corrected chi connectivity index (χ2v) is 6.21. The van der Waals surface area contributed by atoms with Gasteiger partial charge in [0, 0.05) is 12.4 Å². The first-order valence-electron chi connectivity index (χ1n) is 7.03. The number of benzene rings is 1. The summed E-state index contributed by atoms with van der Waals surface area (Å²) in [7, 11) is 3.02. The van der Waals surface area contributed by atoms with Crippen LogP contribution in [0.2, 0.25) is 0 Å². The summed E-state index contributed by atoms with van der Waals surface area (Å²) < 4.78 is 14.8. The fraction of sp³-hybridized carbons (Fsp3) is 0.250. The van der Waals surface area contributed by atoms with Gasteiger partial charge in [-0.1, -0.05) is 12.1 Å². The van der Waals surface area contributed by atoms with E-state index in [0.717, 1.165) is 21.5 Å². The Kier molecular flexibility index (Phi) is 4.14. The molecule has 0 bridgehead atoms. The second-order valence-electron chi connectivity index (χ2n) is 5.18. The van der Waals surface area contributed by atoms with Gasteiger partial charge in [0.25, 0.3) is 5.91 Å². The fourth-order valence-corrected chi connectivity index (χ4v) is 3.45. The molecule has 0 fully saturated rings. The van der Waals surface area contributed by atoms with Crippen LogP contribution in [0.5, 0.6) is 0 Å². The average Bonchev–Trinajstić information content (AvgIpc) is 3.10. The van der Waals surface area contributed by atoms with Gasteiger partial charge < -0.3 is 0 Å². The van der Waals surface area contributed by atoms with Crippen LogP contribution in [0.25, 0.3) is 10.2 Å². The fourth-order valence-electron chi connectivity index (χ4n) is 2.33. The first kappa shape index (κ1) is 15.6. The summed E-state index contributed by atoms with van der Waals surface area (Å²) in [6.45, 7) is 2.43. The quantitative estimate of drug-likeness (QED) is 0.689. The van der Waals surface area contributed by atoms with Gasteiger partial charge in [0.15, 0.2) is 0 Å². The Morgan fingerprint density at radius 3 is 2.74 bits per heavy atom. The lowest BCUT2D eigenvalue weighted by molar-refractivity contribution is -0.0753. The maximum atomic E-state index is 13.0. The number of hydrogen-bond donors (Lipinski definition) is 0. The molecule has 0 saturated heterocycles. The van der Waals surface area contributed by atoms with Gasteiger partial charge in [-0.25, -0.2) is 9.45 Å². The van der Waals surface area contributed by atoms with E-state index in [1.54, 1.807) is 19.2 Å². The molecule has 3 rings (SSSR count). The molecular formula is C16H16FN3O2S. The van der Waals surface area contributed by atoms with E-state index in [4.69, 9.17) is 4.84 Å². The summed E-state index contributed by atoms with van der Waals surface area (Å²) in [5.41, 5.74) is 1.81. The lowest BCUT2D eigenvalue weighted by Gasteiger charge is -2.11. The Morgan fingerprint density at radius 2 is 2.09 bits per heavy atom. The monoisotopic (exact) mass is 333 g/mol. The number of amides is 1. The molecule has 0 aliphatic rings. The number of hydrogen-bond acceptors (Lipinski definition) is 4. The third-order valence-corrected chi connectivity index (χ3v) is 4.76. The molecule has 0 spiro atoms. The van der Waals surface area contributed by atoms with E-state index in [2.05, 4.69) is 5.10 Å². The number of carbonyl (C=O) groups excluding carboxylic acids is 1. The Morgan fingerprint density at radius 1 is 1.39 bits per heavy atom. The molecule has 0 radical (unpaired) electrons. The molecule has 0 saturated carbocycles. The number of thiophene rings is 1. The van der Waals surface area contributed by atoms with E-state index in [-0.39, 0.29) is 11.7 Å². The summed E-state index contributed by atoms with van der Waals surface area (Å²) >= 11 is 1.37. The molecule has 5 nitrogen and oxygen atoms in total. The molecular weight excluding hydrogens is 317 g/mol. The van der Waals surface area contributed by atoms with Crippen molar-refractivity contribution in [3.8, 4) is 0 Å². The van der Waals surface area contributed by atoms with E-state index in [9.17, 15) is 9.18 Å². The lowest BCUT2D eigenvalue weighted by atomic mass is 10.2. The van der Waals surface area contributed by atoms with Crippen molar-refractivity contribution in [3.63, 3.8) is 0 Å². The summed E-state index contributed by atoms with van der Waals surface area (Å²) in [5.74, 6) is -0.455. The normalized spacial score (nSPS) is 11.1. The molecule has 1 amide bonds. The SMILES string of the molecule is CON(C)C(=O)c1cc2c(C)nn(Cc3ccc(F)cc3)c2s1. The molecule has 3 aromatic rings. The number of aromatic nitrogens is 2. The summed E-state index contributed by atoms with van der Waals surface area (Å²) in [6.07, 6.45) is 0. The lowest BCUT2D eigenvalue weighted by Crippen LogP contribution is -2.24. The highest BCUT2D eigenvalue weighted by atomic mass is 32.1. The smallest absolute Gasteiger partial charge is 0.274 e. The number of carbonyl (C=O) groups is 1.